The van der Waals surface area contributed by atoms with Gasteiger partial charge in [0.15, 0.2) is 33.4 Å². The molecule has 172 valence electrons. The predicted molar refractivity (Wildman–Crippen MR) is 128 cm³/mol. The zero-order valence-corrected chi connectivity index (χ0v) is 19.5. The van der Waals surface area contributed by atoms with Crippen LogP contribution in [0.25, 0.3) is 6.08 Å². The lowest BCUT2D eigenvalue weighted by Gasteiger charge is -2.17. The maximum absolute atomic E-state index is 13.1. The summed E-state index contributed by atoms with van der Waals surface area (Å²) in [5.74, 6) is 0.622. The Morgan fingerprint density at radius 2 is 2.00 bits per heavy atom. The van der Waals surface area contributed by atoms with E-state index in [1.807, 2.05) is 6.92 Å². The number of nitrogens with zero attached hydrogens (tertiary/aromatic N) is 1. The maximum Gasteiger partial charge on any atom is 0.344 e. The molecule has 1 atom stereocenters. The Balaban J connectivity index is 1.59. The van der Waals surface area contributed by atoms with E-state index < -0.39 is 12.1 Å². The van der Waals surface area contributed by atoms with Crippen molar-refractivity contribution in [1.29, 1.82) is 0 Å². The van der Waals surface area contributed by atoms with Gasteiger partial charge in [-0.2, -0.15) is 0 Å². The normalized spacial score (nSPS) is 16.9. The Labute approximate surface area is 200 Å². The van der Waals surface area contributed by atoms with Crippen LogP contribution in [0.15, 0.2) is 41.3 Å². The molecule has 2 aromatic carbocycles. The molecule has 33 heavy (non-hydrogen) atoms. The van der Waals surface area contributed by atoms with Gasteiger partial charge in [0.05, 0.1) is 17.2 Å². The molecule has 2 aromatic rings. The first-order valence-electron chi connectivity index (χ1n) is 10.2. The van der Waals surface area contributed by atoms with Crippen molar-refractivity contribution >= 4 is 51.9 Å². The molecular weight excluding hydrogens is 466 g/mol. The summed E-state index contributed by atoms with van der Waals surface area (Å²) in [4.78, 5) is 26.3. The molecule has 8 nitrogen and oxygen atoms in total. The summed E-state index contributed by atoms with van der Waals surface area (Å²) in [5, 5.41) is 9.28. The van der Waals surface area contributed by atoms with Crippen LogP contribution in [0.1, 0.15) is 25.8 Å². The number of carboxylic acid groups (broad SMARTS) is 1. The van der Waals surface area contributed by atoms with Crippen molar-refractivity contribution in [2.75, 3.05) is 18.3 Å². The fourth-order valence-corrected chi connectivity index (χ4v) is 4.61. The second-order valence-electron chi connectivity index (χ2n) is 7.05. The molecule has 0 saturated carbocycles. The Hall–Kier alpha value is -3.24. The molecule has 4 rings (SSSR count). The van der Waals surface area contributed by atoms with Gasteiger partial charge in [-0.15, -0.1) is 0 Å². The van der Waals surface area contributed by atoms with Gasteiger partial charge < -0.3 is 24.1 Å². The number of benzene rings is 2. The maximum atomic E-state index is 13.1. The summed E-state index contributed by atoms with van der Waals surface area (Å²) in [5.41, 5.74) is 1.29. The number of amides is 1. The van der Waals surface area contributed by atoms with Gasteiger partial charge in [-0.1, -0.05) is 37.0 Å². The van der Waals surface area contributed by atoms with Gasteiger partial charge in [0, 0.05) is 6.07 Å². The van der Waals surface area contributed by atoms with E-state index in [9.17, 15) is 14.7 Å². The van der Waals surface area contributed by atoms with Gasteiger partial charge >= 0.3 is 5.97 Å². The van der Waals surface area contributed by atoms with Crippen molar-refractivity contribution in [3.63, 3.8) is 0 Å². The summed E-state index contributed by atoms with van der Waals surface area (Å²) >= 11 is 6.64. The van der Waals surface area contributed by atoms with E-state index >= 15 is 0 Å². The molecule has 1 fully saturated rings. The number of anilines is 1. The minimum absolute atomic E-state index is 0.143. The number of thiocarbonyl (C=S) groups is 1. The summed E-state index contributed by atoms with van der Waals surface area (Å²) in [6.07, 6.45) is 1.05. The summed E-state index contributed by atoms with van der Waals surface area (Å²) in [7, 11) is 0. The average Bonchev–Trinajstić information content (AvgIpc) is 3.36. The highest BCUT2D eigenvalue weighted by atomic mass is 32.2. The molecule has 1 unspecified atom stereocenters. The Morgan fingerprint density at radius 3 is 2.73 bits per heavy atom. The zero-order valence-electron chi connectivity index (χ0n) is 17.9. The third-order valence-electron chi connectivity index (χ3n) is 4.89. The minimum Gasteiger partial charge on any atom is -0.490 e. The molecule has 0 radical (unpaired) electrons. The first kappa shape index (κ1) is 22.9. The molecule has 2 aliphatic heterocycles. The smallest absolute Gasteiger partial charge is 0.344 e. The first-order valence-corrected chi connectivity index (χ1v) is 11.5. The second kappa shape index (κ2) is 9.72. The van der Waals surface area contributed by atoms with Crippen LogP contribution in [-0.2, 0) is 9.59 Å². The van der Waals surface area contributed by atoms with Crippen LogP contribution >= 0.6 is 24.0 Å². The van der Waals surface area contributed by atoms with Crippen LogP contribution in [0.3, 0.4) is 0 Å². The standard InChI is InChI=1S/C23H21NO7S2/c1-3-15(22(26)27)31-17-7-5-13(9-18(17)28-4-2)10-20-21(25)24(23(32)33-20)14-6-8-16-19(11-14)30-12-29-16/h5-11,15H,3-4,12H2,1-2H3,(H,26,27)/b20-10+. The number of thioether (sulfide) groups is 1. The lowest BCUT2D eigenvalue weighted by molar-refractivity contribution is -0.145. The van der Waals surface area contributed by atoms with Gasteiger partial charge in [-0.05, 0) is 49.2 Å². The molecule has 1 saturated heterocycles. The first-order chi connectivity index (χ1) is 15.9. The van der Waals surface area contributed by atoms with Crippen molar-refractivity contribution in [1.82, 2.24) is 0 Å². The molecule has 2 aliphatic rings. The van der Waals surface area contributed by atoms with Crippen molar-refractivity contribution in [2.45, 2.75) is 26.4 Å². The number of ether oxygens (including phenoxy) is 4. The molecule has 0 aromatic heterocycles. The number of aliphatic carboxylic acids is 1. The van der Waals surface area contributed by atoms with Crippen molar-refractivity contribution in [3.8, 4) is 23.0 Å². The van der Waals surface area contributed by atoms with Gasteiger partial charge in [0.1, 0.15) is 0 Å². The zero-order chi connectivity index (χ0) is 23.5. The number of hydrogen-bond donors (Lipinski definition) is 1. The van der Waals surface area contributed by atoms with Gasteiger partial charge in [0.2, 0.25) is 6.79 Å². The lowest BCUT2D eigenvalue weighted by atomic mass is 10.1. The van der Waals surface area contributed by atoms with Gasteiger partial charge in [0.25, 0.3) is 5.91 Å². The number of fused-ring (bicyclic) bond motifs is 1. The van der Waals surface area contributed by atoms with Crippen molar-refractivity contribution in [3.05, 3.63) is 46.9 Å². The monoisotopic (exact) mass is 487 g/mol. The molecule has 0 spiro atoms. The van der Waals surface area contributed by atoms with Gasteiger partial charge in [-0.3, -0.25) is 9.69 Å². The van der Waals surface area contributed by atoms with Crippen LogP contribution < -0.4 is 23.8 Å². The topological polar surface area (TPSA) is 94.5 Å². The van der Waals surface area contributed by atoms with Crippen LogP contribution in [0.4, 0.5) is 5.69 Å². The largest absolute Gasteiger partial charge is 0.490 e. The molecule has 10 heteroatoms. The quantitative estimate of drug-likeness (QED) is 0.428. The number of hydrogen-bond acceptors (Lipinski definition) is 8. The lowest BCUT2D eigenvalue weighted by Crippen LogP contribution is -2.27. The molecule has 2 heterocycles. The van der Waals surface area contributed by atoms with Crippen LogP contribution in [0, 0.1) is 0 Å². The van der Waals surface area contributed by atoms with Crippen LogP contribution in [-0.4, -0.2) is 40.8 Å². The highest BCUT2D eigenvalue weighted by Crippen LogP contribution is 2.41. The highest BCUT2D eigenvalue weighted by molar-refractivity contribution is 8.27. The van der Waals surface area contributed by atoms with Crippen molar-refractivity contribution in [2.24, 2.45) is 0 Å². The fourth-order valence-electron chi connectivity index (χ4n) is 3.31. The second-order valence-corrected chi connectivity index (χ2v) is 8.72. The van der Waals surface area contributed by atoms with Crippen LogP contribution in [0.5, 0.6) is 23.0 Å². The highest BCUT2D eigenvalue weighted by Gasteiger charge is 2.34. The molecule has 1 amide bonds. The fraction of sp³-hybridized carbons (Fsp3) is 0.261. The third-order valence-corrected chi connectivity index (χ3v) is 6.19. The van der Waals surface area contributed by atoms with E-state index in [0.29, 0.717) is 56.5 Å². The van der Waals surface area contributed by atoms with E-state index in [-0.39, 0.29) is 12.7 Å². The summed E-state index contributed by atoms with van der Waals surface area (Å²) < 4.78 is 22.4. The average molecular weight is 488 g/mol. The van der Waals surface area contributed by atoms with E-state index in [4.69, 9.17) is 31.2 Å². The predicted octanol–water partition coefficient (Wildman–Crippen LogP) is 4.46. The summed E-state index contributed by atoms with van der Waals surface area (Å²) in [6, 6.07) is 10.3. The molecule has 0 aliphatic carbocycles. The van der Waals surface area contributed by atoms with E-state index in [2.05, 4.69) is 0 Å². The van der Waals surface area contributed by atoms with Gasteiger partial charge in [-0.25, -0.2) is 4.79 Å². The summed E-state index contributed by atoms with van der Waals surface area (Å²) in [6.45, 7) is 4.07. The SMILES string of the molecule is CCOc1cc(/C=C2/SC(=S)N(c3ccc4c(c3)OCO4)C2=O)ccc1OC(CC)C(=O)O. The van der Waals surface area contributed by atoms with Crippen LogP contribution in [0.2, 0.25) is 0 Å². The Kier molecular flexibility index (Phi) is 6.75. The molecule has 1 N–H and O–H groups in total. The minimum atomic E-state index is -1.05. The molecular formula is C23H21NO7S2. The van der Waals surface area contributed by atoms with E-state index in [1.165, 1.54) is 16.7 Å². The third kappa shape index (κ3) is 4.76. The Bertz CT molecular complexity index is 1150. The number of carbonyl (C=O) groups is 2. The van der Waals surface area contributed by atoms with Crippen molar-refractivity contribution < 1.29 is 33.6 Å². The van der Waals surface area contributed by atoms with E-state index in [1.54, 1.807) is 49.4 Å². The van der Waals surface area contributed by atoms with E-state index in [0.717, 1.165) is 0 Å². The molecule has 0 bridgehead atoms. The number of carbonyl (C=O) groups excluding carboxylic acids is 1. The number of carboxylic acids is 1. The number of rotatable bonds is 8. The Morgan fingerprint density at radius 1 is 1.21 bits per heavy atom.